The number of hydrogen-bond donors (Lipinski definition) is 1. The van der Waals surface area contributed by atoms with Crippen molar-refractivity contribution >= 4 is 11.0 Å². The van der Waals surface area contributed by atoms with Crippen LogP contribution in [0.1, 0.15) is 19.8 Å². The molecule has 2 nitrogen and oxygen atoms in total. The van der Waals surface area contributed by atoms with Gasteiger partial charge in [-0.15, -0.1) is 0 Å². The number of nitrogens with one attached hydrogen (secondary N) is 1. The van der Waals surface area contributed by atoms with Crippen LogP contribution in [0.25, 0.3) is 0 Å². The van der Waals surface area contributed by atoms with Gasteiger partial charge in [0.05, 0.1) is 4.90 Å². The summed E-state index contributed by atoms with van der Waals surface area (Å²) in [5, 5.41) is 0. The molecule has 1 N–H and O–H groups in total. The highest BCUT2D eigenvalue weighted by atomic mass is 32.2. The lowest BCUT2D eigenvalue weighted by atomic mass is 10.3. The van der Waals surface area contributed by atoms with Crippen LogP contribution >= 0.6 is 0 Å². The first kappa shape index (κ1) is 10.4. The summed E-state index contributed by atoms with van der Waals surface area (Å²) >= 11 is 0. The van der Waals surface area contributed by atoms with Gasteiger partial charge < -0.3 is 0 Å². The minimum absolute atomic E-state index is 0.817. The predicted molar refractivity (Wildman–Crippen MR) is 55.8 cm³/mol. The minimum Gasteiger partial charge on any atom is -0.238 e. The fourth-order valence-electron chi connectivity index (χ4n) is 0.969. The smallest absolute Gasteiger partial charge is 0.124 e. The second-order valence-corrected chi connectivity index (χ2v) is 4.13. The molecule has 0 aliphatic carbocycles. The number of rotatable bonds is 5. The van der Waals surface area contributed by atoms with Crippen molar-refractivity contribution in [2.75, 3.05) is 6.54 Å². The zero-order chi connectivity index (χ0) is 9.52. The van der Waals surface area contributed by atoms with E-state index in [9.17, 15) is 4.21 Å². The van der Waals surface area contributed by atoms with E-state index in [0.717, 1.165) is 24.3 Å². The van der Waals surface area contributed by atoms with Gasteiger partial charge in [0.1, 0.15) is 11.0 Å². The molecule has 0 amide bonds. The highest BCUT2D eigenvalue weighted by molar-refractivity contribution is 7.83. The van der Waals surface area contributed by atoms with Gasteiger partial charge in [-0.1, -0.05) is 31.5 Å². The second-order valence-electron chi connectivity index (χ2n) is 2.83. The maximum Gasteiger partial charge on any atom is 0.124 e. The first-order valence-electron chi connectivity index (χ1n) is 4.55. The predicted octanol–water partition coefficient (Wildman–Crippen LogP) is 2.10. The Bertz CT molecular complexity index is 261. The summed E-state index contributed by atoms with van der Waals surface area (Å²) in [7, 11) is -1.03. The Morgan fingerprint density at radius 1 is 1.31 bits per heavy atom. The molecule has 0 saturated heterocycles. The number of unbranched alkanes of at least 4 members (excludes halogenated alkanes) is 1. The monoisotopic (exact) mass is 197 g/mol. The Kier molecular flexibility index (Phi) is 4.72. The average molecular weight is 197 g/mol. The quantitative estimate of drug-likeness (QED) is 0.720. The van der Waals surface area contributed by atoms with Crippen molar-refractivity contribution in [3.63, 3.8) is 0 Å². The van der Waals surface area contributed by atoms with Crippen molar-refractivity contribution in [3.8, 4) is 0 Å². The molecule has 0 saturated carbocycles. The van der Waals surface area contributed by atoms with Gasteiger partial charge in [0.25, 0.3) is 0 Å². The Hall–Kier alpha value is -0.670. The molecule has 1 unspecified atom stereocenters. The van der Waals surface area contributed by atoms with E-state index in [0.29, 0.717) is 0 Å². The van der Waals surface area contributed by atoms with E-state index >= 15 is 0 Å². The van der Waals surface area contributed by atoms with Gasteiger partial charge in [0.2, 0.25) is 0 Å². The van der Waals surface area contributed by atoms with E-state index in [1.54, 1.807) is 0 Å². The molecular weight excluding hydrogens is 182 g/mol. The fraction of sp³-hybridized carbons (Fsp3) is 0.400. The molecule has 1 rings (SSSR count). The van der Waals surface area contributed by atoms with Gasteiger partial charge in [-0.3, -0.25) is 0 Å². The molecule has 0 spiro atoms. The highest BCUT2D eigenvalue weighted by Crippen LogP contribution is 2.02. The summed E-state index contributed by atoms with van der Waals surface area (Å²) in [6.07, 6.45) is 2.19. The van der Waals surface area contributed by atoms with Crippen molar-refractivity contribution in [2.24, 2.45) is 0 Å². The maximum atomic E-state index is 11.5. The normalized spacial score (nSPS) is 12.7. The van der Waals surface area contributed by atoms with Crippen molar-refractivity contribution in [3.05, 3.63) is 30.3 Å². The summed E-state index contributed by atoms with van der Waals surface area (Å²) in [6, 6.07) is 9.46. The van der Waals surface area contributed by atoms with Gasteiger partial charge in [-0.05, 0) is 18.6 Å². The third-order valence-corrected chi connectivity index (χ3v) is 2.89. The van der Waals surface area contributed by atoms with Gasteiger partial charge in [-0.25, -0.2) is 8.93 Å². The third-order valence-electron chi connectivity index (χ3n) is 1.72. The van der Waals surface area contributed by atoms with Crippen molar-refractivity contribution in [1.82, 2.24) is 4.72 Å². The second kappa shape index (κ2) is 5.89. The molecule has 0 aliphatic rings. The van der Waals surface area contributed by atoms with Gasteiger partial charge in [0.15, 0.2) is 0 Å². The minimum atomic E-state index is -1.03. The molecule has 1 atom stereocenters. The lowest BCUT2D eigenvalue weighted by Gasteiger charge is -2.02. The van der Waals surface area contributed by atoms with E-state index in [1.807, 2.05) is 30.3 Å². The van der Waals surface area contributed by atoms with Gasteiger partial charge in [0, 0.05) is 6.54 Å². The van der Waals surface area contributed by atoms with E-state index in [-0.39, 0.29) is 0 Å². The topological polar surface area (TPSA) is 29.1 Å². The zero-order valence-electron chi connectivity index (χ0n) is 7.82. The van der Waals surface area contributed by atoms with Crippen LogP contribution in [0.2, 0.25) is 0 Å². The average Bonchev–Trinajstić information content (AvgIpc) is 2.19. The molecular formula is C10H15NOS. The van der Waals surface area contributed by atoms with E-state index < -0.39 is 11.0 Å². The summed E-state index contributed by atoms with van der Waals surface area (Å²) in [5.41, 5.74) is 0. The SMILES string of the molecule is CCCCNS(=O)c1ccccc1. The summed E-state index contributed by atoms with van der Waals surface area (Å²) in [6.45, 7) is 2.94. The molecule has 0 heterocycles. The van der Waals surface area contributed by atoms with Crippen LogP contribution in [0.4, 0.5) is 0 Å². The van der Waals surface area contributed by atoms with E-state index in [1.165, 1.54) is 0 Å². The zero-order valence-corrected chi connectivity index (χ0v) is 8.64. The van der Waals surface area contributed by atoms with E-state index in [4.69, 9.17) is 0 Å². The van der Waals surface area contributed by atoms with Crippen LogP contribution in [0, 0.1) is 0 Å². The lowest BCUT2D eigenvalue weighted by molar-refractivity contribution is 0.665. The van der Waals surface area contributed by atoms with Crippen molar-refractivity contribution in [1.29, 1.82) is 0 Å². The van der Waals surface area contributed by atoms with Crippen molar-refractivity contribution < 1.29 is 4.21 Å². The van der Waals surface area contributed by atoms with E-state index in [2.05, 4.69) is 11.6 Å². The Morgan fingerprint density at radius 3 is 2.62 bits per heavy atom. The molecule has 0 aromatic heterocycles. The molecule has 0 fully saturated rings. The molecule has 0 bridgehead atoms. The van der Waals surface area contributed by atoms with Gasteiger partial charge in [-0.2, -0.15) is 0 Å². The van der Waals surface area contributed by atoms with Crippen LogP contribution < -0.4 is 4.72 Å². The molecule has 0 aliphatic heterocycles. The van der Waals surface area contributed by atoms with Gasteiger partial charge >= 0.3 is 0 Å². The van der Waals surface area contributed by atoms with Crippen LogP contribution in [-0.4, -0.2) is 10.8 Å². The maximum absolute atomic E-state index is 11.5. The first-order valence-corrected chi connectivity index (χ1v) is 5.70. The summed E-state index contributed by atoms with van der Waals surface area (Å²) < 4.78 is 14.5. The Morgan fingerprint density at radius 2 is 2.00 bits per heavy atom. The standard InChI is InChI=1S/C10H15NOS/c1-2-3-9-11-13(12)10-7-5-4-6-8-10/h4-8,11H,2-3,9H2,1H3. The molecule has 1 aromatic rings. The summed E-state index contributed by atoms with van der Waals surface area (Å²) in [5.74, 6) is 0. The number of hydrogen-bond acceptors (Lipinski definition) is 1. The number of benzene rings is 1. The molecule has 0 radical (unpaired) electrons. The largest absolute Gasteiger partial charge is 0.238 e. The first-order chi connectivity index (χ1) is 6.34. The molecule has 1 aromatic carbocycles. The van der Waals surface area contributed by atoms with Crippen LogP contribution in [0.15, 0.2) is 35.2 Å². The lowest BCUT2D eigenvalue weighted by Crippen LogP contribution is -2.18. The molecule has 13 heavy (non-hydrogen) atoms. The van der Waals surface area contributed by atoms with Crippen molar-refractivity contribution in [2.45, 2.75) is 24.7 Å². The van der Waals surface area contributed by atoms with Crippen LogP contribution in [-0.2, 0) is 11.0 Å². The fourth-order valence-corrected chi connectivity index (χ4v) is 1.87. The highest BCUT2D eigenvalue weighted by Gasteiger charge is 1.99. The van der Waals surface area contributed by atoms with Crippen LogP contribution in [0.5, 0.6) is 0 Å². The Balaban J connectivity index is 2.40. The molecule has 72 valence electrons. The van der Waals surface area contributed by atoms with Crippen LogP contribution in [0.3, 0.4) is 0 Å². The summed E-state index contributed by atoms with van der Waals surface area (Å²) in [4.78, 5) is 0.846. The molecule has 3 heteroatoms. The third kappa shape index (κ3) is 3.70. The Labute approximate surface area is 82.0 Å².